The van der Waals surface area contributed by atoms with Crippen LogP contribution in [0.2, 0.25) is 0 Å². The number of hydrogen-bond acceptors (Lipinski definition) is 5. The van der Waals surface area contributed by atoms with Gasteiger partial charge in [0, 0.05) is 25.5 Å². The van der Waals surface area contributed by atoms with Crippen LogP contribution in [-0.4, -0.2) is 24.6 Å². The molecule has 7 heteroatoms. The van der Waals surface area contributed by atoms with Gasteiger partial charge in [0.25, 0.3) is 5.91 Å². The molecule has 2 heterocycles. The van der Waals surface area contributed by atoms with Crippen LogP contribution in [0.3, 0.4) is 0 Å². The second-order valence-electron chi connectivity index (χ2n) is 6.25. The maximum Gasteiger partial charge on any atom is 0.267 e. The molecule has 0 spiro atoms. The van der Waals surface area contributed by atoms with E-state index in [2.05, 4.69) is 10.6 Å². The largest absolute Gasteiger partial charge is 0.378 e. The molecule has 0 aliphatic carbocycles. The summed E-state index contributed by atoms with van der Waals surface area (Å²) in [5.74, 6) is 0.642. The minimum Gasteiger partial charge on any atom is -0.378 e. The smallest absolute Gasteiger partial charge is 0.267 e. The van der Waals surface area contributed by atoms with Crippen LogP contribution in [0.25, 0.3) is 5.69 Å². The number of nitrogens with zero attached hydrogens (tertiary/aromatic N) is 2. The first kappa shape index (κ1) is 16.8. The van der Waals surface area contributed by atoms with E-state index in [0.717, 1.165) is 22.8 Å². The lowest BCUT2D eigenvalue weighted by molar-refractivity contribution is 0.0939. The number of hydrogen-bond donors (Lipinski definition) is 2. The minimum absolute atomic E-state index is 0.105. The summed E-state index contributed by atoms with van der Waals surface area (Å²) in [5, 5.41) is 6.46. The summed E-state index contributed by atoms with van der Waals surface area (Å²) in [6.07, 6.45) is -0.301. The molecule has 1 aromatic heterocycles. The summed E-state index contributed by atoms with van der Waals surface area (Å²) >= 11 is 6.83. The molecule has 4 rings (SSSR count). The quantitative estimate of drug-likeness (QED) is 0.667. The van der Waals surface area contributed by atoms with Crippen LogP contribution in [0.1, 0.15) is 21.4 Å². The first-order chi connectivity index (χ1) is 12.5. The van der Waals surface area contributed by atoms with Gasteiger partial charge in [-0.1, -0.05) is 41.7 Å². The van der Waals surface area contributed by atoms with E-state index < -0.39 is 0 Å². The van der Waals surface area contributed by atoms with Crippen LogP contribution in [0.5, 0.6) is 0 Å². The molecule has 1 amide bonds. The Hall–Kier alpha value is -2.64. The van der Waals surface area contributed by atoms with Gasteiger partial charge in [-0.2, -0.15) is 0 Å². The number of amides is 1. The monoisotopic (exact) mass is 382 g/mol. The minimum atomic E-state index is -0.301. The average molecular weight is 383 g/mol. The van der Waals surface area contributed by atoms with Crippen molar-refractivity contribution in [3.8, 4) is 5.69 Å². The number of para-hydroxylation sites is 1. The van der Waals surface area contributed by atoms with E-state index in [1.807, 2.05) is 78.2 Å². The first-order valence-corrected chi connectivity index (χ1v) is 9.43. The molecule has 0 fully saturated rings. The standard InChI is InChI=1S/C19H18N4OS2/c1-22(2)13-10-8-12(9-11-13)16-20-17-15(18(24)21-16)26-19(25)23(17)14-6-4-3-5-7-14/h3-11,16,20H,1-2H3,(H,21,24)/t16-/m0/s1. The Bertz CT molecular complexity index is 1010. The lowest BCUT2D eigenvalue weighted by Crippen LogP contribution is -2.38. The Morgan fingerprint density at radius 1 is 1.04 bits per heavy atom. The maximum atomic E-state index is 12.6. The average Bonchev–Trinajstić information content (AvgIpc) is 2.99. The highest BCUT2D eigenvalue weighted by molar-refractivity contribution is 7.73. The number of thiazole rings is 1. The van der Waals surface area contributed by atoms with E-state index in [4.69, 9.17) is 12.2 Å². The Labute approximate surface area is 160 Å². The van der Waals surface area contributed by atoms with E-state index in [0.29, 0.717) is 8.83 Å². The van der Waals surface area contributed by atoms with Gasteiger partial charge in [0.1, 0.15) is 16.9 Å². The molecular formula is C19H18N4OS2. The van der Waals surface area contributed by atoms with Gasteiger partial charge in [-0.25, -0.2) is 0 Å². The summed E-state index contributed by atoms with van der Waals surface area (Å²) in [7, 11) is 4.00. The highest BCUT2D eigenvalue weighted by atomic mass is 32.1. The van der Waals surface area contributed by atoms with Crippen molar-refractivity contribution in [2.24, 2.45) is 0 Å². The van der Waals surface area contributed by atoms with Gasteiger partial charge >= 0.3 is 0 Å². The lowest BCUT2D eigenvalue weighted by atomic mass is 10.1. The van der Waals surface area contributed by atoms with Gasteiger partial charge in [-0.05, 0) is 42.0 Å². The second kappa shape index (κ2) is 6.59. The molecule has 26 heavy (non-hydrogen) atoms. The van der Waals surface area contributed by atoms with Crippen LogP contribution >= 0.6 is 23.6 Å². The zero-order valence-electron chi connectivity index (χ0n) is 14.4. The highest BCUT2D eigenvalue weighted by Gasteiger charge is 2.29. The zero-order valence-corrected chi connectivity index (χ0v) is 16.0. The van der Waals surface area contributed by atoms with Gasteiger partial charge < -0.3 is 15.5 Å². The highest BCUT2D eigenvalue weighted by Crippen LogP contribution is 2.34. The Morgan fingerprint density at radius 2 is 1.73 bits per heavy atom. The van der Waals surface area contributed by atoms with Crippen LogP contribution in [0.15, 0.2) is 54.6 Å². The van der Waals surface area contributed by atoms with Gasteiger partial charge in [0.15, 0.2) is 3.95 Å². The molecule has 1 aliphatic heterocycles. The molecule has 3 aromatic rings. The molecule has 0 saturated heterocycles. The normalized spacial score (nSPS) is 15.8. The SMILES string of the molecule is CN(C)c1ccc([C@@H]2NC(=O)c3sc(=S)n(-c4ccccc4)c3N2)cc1. The van der Waals surface area contributed by atoms with Crippen molar-refractivity contribution in [2.45, 2.75) is 6.17 Å². The summed E-state index contributed by atoms with van der Waals surface area (Å²) < 4.78 is 2.57. The third-order valence-electron chi connectivity index (χ3n) is 4.33. The molecular weight excluding hydrogens is 364 g/mol. The van der Waals surface area contributed by atoms with E-state index in [9.17, 15) is 4.79 Å². The van der Waals surface area contributed by atoms with Gasteiger partial charge in [-0.3, -0.25) is 9.36 Å². The lowest BCUT2D eigenvalue weighted by Gasteiger charge is -2.27. The van der Waals surface area contributed by atoms with Gasteiger partial charge in [0.2, 0.25) is 0 Å². The number of rotatable bonds is 3. The van der Waals surface area contributed by atoms with Crippen molar-refractivity contribution in [1.29, 1.82) is 0 Å². The van der Waals surface area contributed by atoms with Gasteiger partial charge in [-0.15, -0.1) is 0 Å². The van der Waals surface area contributed by atoms with Crippen molar-refractivity contribution in [2.75, 3.05) is 24.3 Å². The zero-order chi connectivity index (χ0) is 18.3. The number of aromatic nitrogens is 1. The summed E-state index contributed by atoms with van der Waals surface area (Å²) in [4.78, 5) is 15.3. The van der Waals surface area contributed by atoms with Gasteiger partial charge in [0.05, 0.1) is 0 Å². The fraction of sp³-hybridized carbons (Fsp3) is 0.158. The molecule has 0 unspecified atom stereocenters. The fourth-order valence-electron chi connectivity index (χ4n) is 2.97. The Balaban J connectivity index is 1.74. The van der Waals surface area contributed by atoms with Crippen LogP contribution < -0.4 is 15.5 Å². The van der Waals surface area contributed by atoms with E-state index in [1.54, 1.807) is 0 Å². The Morgan fingerprint density at radius 3 is 2.38 bits per heavy atom. The predicted molar refractivity (Wildman–Crippen MR) is 109 cm³/mol. The predicted octanol–water partition coefficient (Wildman–Crippen LogP) is 4.19. The van der Waals surface area contributed by atoms with Crippen LogP contribution in [0.4, 0.5) is 11.5 Å². The maximum absolute atomic E-state index is 12.6. The third kappa shape index (κ3) is 2.89. The summed E-state index contributed by atoms with van der Waals surface area (Å²) in [6, 6.07) is 18.0. The fourth-order valence-corrected chi connectivity index (χ4v) is 4.28. The summed E-state index contributed by atoms with van der Waals surface area (Å²) in [5.41, 5.74) is 3.05. The molecule has 2 aromatic carbocycles. The summed E-state index contributed by atoms with van der Waals surface area (Å²) in [6.45, 7) is 0. The number of carbonyl (C=O) groups excluding carboxylic acids is 1. The van der Waals surface area contributed by atoms with Crippen molar-refractivity contribution >= 4 is 41.0 Å². The van der Waals surface area contributed by atoms with Crippen molar-refractivity contribution in [3.63, 3.8) is 0 Å². The molecule has 1 aliphatic rings. The second-order valence-corrected chi connectivity index (χ2v) is 7.90. The number of anilines is 2. The van der Waals surface area contributed by atoms with Crippen LogP contribution in [-0.2, 0) is 0 Å². The topological polar surface area (TPSA) is 49.3 Å². The molecule has 0 bridgehead atoms. The molecule has 0 radical (unpaired) electrons. The number of fused-ring (bicyclic) bond motifs is 1. The number of carbonyl (C=O) groups is 1. The molecule has 0 saturated carbocycles. The van der Waals surface area contributed by atoms with E-state index in [-0.39, 0.29) is 12.1 Å². The van der Waals surface area contributed by atoms with Crippen molar-refractivity contribution in [1.82, 2.24) is 9.88 Å². The van der Waals surface area contributed by atoms with Crippen molar-refractivity contribution < 1.29 is 4.79 Å². The molecule has 1 atom stereocenters. The third-order valence-corrected chi connectivity index (χ3v) is 5.70. The molecule has 5 nitrogen and oxygen atoms in total. The van der Waals surface area contributed by atoms with Crippen LogP contribution in [0, 0.1) is 3.95 Å². The Kier molecular flexibility index (Phi) is 4.26. The first-order valence-electron chi connectivity index (χ1n) is 8.20. The van der Waals surface area contributed by atoms with E-state index >= 15 is 0 Å². The van der Waals surface area contributed by atoms with E-state index in [1.165, 1.54) is 11.3 Å². The number of benzene rings is 2. The van der Waals surface area contributed by atoms with Crippen molar-refractivity contribution in [3.05, 3.63) is 69.0 Å². The molecule has 132 valence electrons. The molecule has 2 N–H and O–H groups in total. The number of nitrogens with one attached hydrogen (secondary N) is 2.